The van der Waals surface area contributed by atoms with Crippen molar-refractivity contribution in [1.29, 1.82) is 5.41 Å². The van der Waals surface area contributed by atoms with Crippen molar-refractivity contribution in [2.24, 2.45) is 17.4 Å². The molecule has 0 spiro atoms. The summed E-state index contributed by atoms with van der Waals surface area (Å²) in [5, 5.41) is 20.1. The highest BCUT2D eigenvalue weighted by Gasteiger charge is 2.30. The van der Waals surface area contributed by atoms with Gasteiger partial charge in [-0.2, -0.15) is 0 Å². The first-order valence-electron chi connectivity index (χ1n) is 11.8. The maximum atomic E-state index is 13.5. The number of amides is 1. The van der Waals surface area contributed by atoms with Crippen LogP contribution >= 0.6 is 0 Å². The van der Waals surface area contributed by atoms with Crippen LogP contribution in [0.25, 0.3) is 10.9 Å². The number of carbonyl (C=O) groups is 1. The molecular weight excluding hydrogens is 498 g/mol. The van der Waals surface area contributed by atoms with E-state index in [0.29, 0.717) is 25.2 Å². The quantitative estimate of drug-likeness (QED) is 0.142. The molecule has 3 aromatic rings. The molecule has 0 aliphatic carbocycles. The van der Waals surface area contributed by atoms with Crippen LogP contribution in [0, 0.1) is 21.4 Å². The lowest BCUT2D eigenvalue weighted by Crippen LogP contribution is -2.44. The molecule has 1 aliphatic heterocycles. The van der Waals surface area contributed by atoms with Gasteiger partial charge in [-0.3, -0.25) is 25.0 Å². The number of primary amides is 1. The number of aromatic nitrogens is 1. The number of benzene rings is 2. The highest BCUT2D eigenvalue weighted by molar-refractivity contribution is 7.92. The minimum Gasteiger partial charge on any atom is -0.370 e. The standard InChI is InChI=1S/C24H29N7O5S/c25-22(32)12-11-18-17-7-1-2-8-19(17)30(15-16-6-5-13-29(14-16)24(26)27)23(18)28-37(35,36)21-10-4-3-9-20(21)31(33)34/h1-4,7-10,16,28H,5-6,11-15H2,(H2,25,32)(H3,26,27)/t16-/m1/s1. The van der Waals surface area contributed by atoms with E-state index in [4.69, 9.17) is 16.9 Å². The van der Waals surface area contributed by atoms with Gasteiger partial charge in [0.15, 0.2) is 10.9 Å². The molecule has 1 aromatic heterocycles. The number of piperidine rings is 1. The van der Waals surface area contributed by atoms with E-state index in [1.165, 1.54) is 18.2 Å². The van der Waals surface area contributed by atoms with Gasteiger partial charge in [-0.1, -0.05) is 30.3 Å². The van der Waals surface area contributed by atoms with E-state index < -0.39 is 31.4 Å². The molecule has 1 atom stereocenters. The molecule has 1 fully saturated rings. The highest BCUT2D eigenvalue weighted by atomic mass is 32.2. The normalized spacial score (nSPS) is 16.0. The number of nitrogens with zero attached hydrogens (tertiary/aromatic N) is 3. The molecule has 1 saturated heterocycles. The third kappa shape index (κ3) is 5.50. The molecule has 4 rings (SSSR count). The summed E-state index contributed by atoms with van der Waals surface area (Å²) in [6.45, 7) is 1.63. The molecule has 13 heteroatoms. The second-order valence-corrected chi connectivity index (χ2v) is 10.7. The van der Waals surface area contributed by atoms with Crippen molar-refractivity contribution in [2.45, 2.75) is 37.1 Å². The number of anilines is 1. The van der Waals surface area contributed by atoms with Crippen molar-refractivity contribution >= 4 is 44.3 Å². The maximum absolute atomic E-state index is 13.5. The lowest BCUT2D eigenvalue weighted by atomic mass is 9.98. The second kappa shape index (κ2) is 10.5. The molecular formula is C24H29N7O5S. The summed E-state index contributed by atoms with van der Waals surface area (Å²) in [7, 11) is -4.38. The number of carbonyl (C=O) groups excluding carboxylic acids is 1. The van der Waals surface area contributed by atoms with Gasteiger partial charge in [0.25, 0.3) is 15.7 Å². The number of hydrogen-bond donors (Lipinski definition) is 4. The Labute approximate surface area is 213 Å². The smallest absolute Gasteiger partial charge is 0.289 e. The largest absolute Gasteiger partial charge is 0.370 e. The lowest BCUT2D eigenvalue weighted by molar-refractivity contribution is -0.387. The number of likely N-dealkylation sites (tertiary alicyclic amines) is 1. The molecule has 0 saturated carbocycles. The molecule has 0 bridgehead atoms. The predicted molar refractivity (Wildman–Crippen MR) is 140 cm³/mol. The van der Waals surface area contributed by atoms with E-state index in [2.05, 4.69) is 4.72 Å². The van der Waals surface area contributed by atoms with Crippen molar-refractivity contribution in [3.05, 3.63) is 64.2 Å². The molecule has 37 heavy (non-hydrogen) atoms. The lowest BCUT2D eigenvalue weighted by Gasteiger charge is -2.33. The number of guanidine groups is 1. The Morgan fingerprint density at radius 2 is 1.86 bits per heavy atom. The number of fused-ring (bicyclic) bond motifs is 1. The number of sulfonamides is 1. The van der Waals surface area contributed by atoms with Crippen molar-refractivity contribution < 1.29 is 18.1 Å². The summed E-state index contributed by atoms with van der Waals surface area (Å²) < 4.78 is 31.5. The Morgan fingerprint density at radius 1 is 1.16 bits per heavy atom. The number of rotatable bonds is 9. The molecule has 196 valence electrons. The fraction of sp³-hybridized carbons (Fsp3) is 0.333. The average Bonchev–Trinajstić information content (AvgIpc) is 3.14. The first kappa shape index (κ1) is 25.9. The Morgan fingerprint density at radius 3 is 2.57 bits per heavy atom. The van der Waals surface area contributed by atoms with Crippen LogP contribution in [0.3, 0.4) is 0 Å². The van der Waals surface area contributed by atoms with Gasteiger partial charge >= 0.3 is 0 Å². The highest BCUT2D eigenvalue weighted by Crippen LogP contribution is 2.36. The number of nitrogens with two attached hydrogens (primary N) is 2. The number of nitrogens with one attached hydrogen (secondary N) is 2. The van der Waals surface area contributed by atoms with Gasteiger partial charge in [0.05, 0.1) is 4.92 Å². The van der Waals surface area contributed by atoms with E-state index in [1.54, 1.807) is 4.90 Å². The molecule has 2 aromatic carbocycles. The minimum absolute atomic E-state index is 0.00420. The average molecular weight is 528 g/mol. The Balaban J connectivity index is 1.83. The zero-order valence-corrected chi connectivity index (χ0v) is 20.9. The van der Waals surface area contributed by atoms with Crippen molar-refractivity contribution in [3.8, 4) is 0 Å². The Hall–Kier alpha value is -4.13. The van der Waals surface area contributed by atoms with Gasteiger partial charge < -0.3 is 20.9 Å². The monoisotopic (exact) mass is 527 g/mol. The van der Waals surface area contributed by atoms with E-state index in [1.807, 2.05) is 28.8 Å². The van der Waals surface area contributed by atoms with Gasteiger partial charge in [0.2, 0.25) is 5.91 Å². The van der Waals surface area contributed by atoms with Gasteiger partial charge in [-0.15, -0.1) is 0 Å². The molecule has 1 amide bonds. The fourth-order valence-electron chi connectivity index (χ4n) is 4.89. The third-order valence-electron chi connectivity index (χ3n) is 6.58. The second-order valence-electron chi connectivity index (χ2n) is 9.09. The van der Waals surface area contributed by atoms with Crippen LogP contribution in [0.2, 0.25) is 0 Å². The summed E-state index contributed by atoms with van der Waals surface area (Å²) in [6.07, 6.45) is 1.86. The SMILES string of the molecule is N=C(N)N1CCC[C@@H](Cn2c(NS(=O)(=O)c3ccccc3[N+](=O)[O-])c(CCC(N)=O)c3ccccc32)C1. The molecule has 6 N–H and O–H groups in total. The Kier molecular flexibility index (Phi) is 7.34. The maximum Gasteiger partial charge on any atom is 0.289 e. The van der Waals surface area contributed by atoms with Crippen LogP contribution in [0.4, 0.5) is 11.5 Å². The molecule has 0 radical (unpaired) electrons. The number of para-hydroxylation sites is 2. The Bertz CT molecular complexity index is 1470. The van der Waals surface area contributed by atoms with Crippen LogP contribution in [0.5, 0.6) is 0 Å². The fourth-order valence-corrected chi connectivity index (χ4v) is 6.16. The summed E-state index contributed by atoms with van der Waals surface area (Å²) in [5.74, 6) is -0.248. The number of nitro groups is 1. The van der Waals surface area contributed by atoms with E-state index in [-0.39, 0.29) is 30.5 Å². The summed E-state index contributed by atoms with van der Waals surface area (Å²) in [6, 6.07) is 12.5. The van der Waals surface area contributed by atoms with Gasteiger partial charge in [-0.25, -0.2) is 8.42 Å². The van der Waals surface area contributed by atoms with Crippen molar-refractivity contribution in [2.75, 3.05) is 17.8 Å². The number of nitro benzene ring substituents is 1. The summed E-state index contributed by atoms with van der Waals surface area (Å²) in [5.41, 5.74) is 11.9. The van der Waals surface area contributed by atoms with Crippen LogP contribution in [0.1, 0.15) is 24.8 Å². The number of aryl methyl sites for hydroxylation is 1. The minimum atomic E-state index is -4.38. The number of hydrogen-bond acceptors (Lipinski definition) is 6. The van der Waals surface area contributed by atoms with Crippen molar-refractivity contribution in [1.82, 2.24) is 9.47 Å². The molecule has 0 unspecified atom stereocenters. The van der Waals surface area contributed by atoms with E-state index in [9.17, 15) is 23.3 Å². The van der Waals surface area contributed by atoms with E-state index in [0.717, 1.165) is 29.8 Å². The molecule has 2 heterocycles. The first-order valence-corrected chi connectivity index (χ1v) is 13.3. The van der Waals surface area contributed by atoms with Crippen LogP contribution < -0.4 is 16.2 Å². The zero-order valence-electron chi connectivity index (χ0n) is 20.1. The summed E-state index contributed by atoms with van der Waals surface area (Å²) >= 11 is 0. The molecule has 1 aliphatic rings. The van der Waals surface area contributed by atoms with Crippen LogP contribution in [-0.4, -0.2) is 47.8 Å². The topological polar surface area (TPSA) is 190 Å². The first-order chi connectivity index (χ1) is 17.6. The summed E-state index contributed by atoms with van der Waals surface area (Å²) in [4.78, 5) is 23.8. The third-order valence-corrected chi connectivity index (χ3v) is 7.97. The van der Waals surface area contributed by atoms with Gasteiger partial charge in [-0.05, 0) is 37.3 Å². The predicted octanol–water partition coefficient (Wildman–Crippen LogP) is 2.37. The molecule has 12 nitrogen and oxygen atoms in total. The van der Waals surface area contributed by atoms with Crippen LogP contribution in [-0.2, 0) is 27.8 Å². The van der Waals surface area contributed by atoms with E-state index >= 15 is 0 Å². The van der Waals surface area contributed by atoms with Gasteiger partial charge in [0.1, 0.15) is 5.82 Å². The van der Waals surface area contributed by atoms with Gasteiger partial charge in [0, 0.05) is 48.6 Å². The van der Waals surface area contributed by atoms with Crippen LogP contribution in [0.15, 0.2) is 53.4 Å². The van der Waals surface area contributed by atoms with Crippen molar-refractivity contribution in [3.63, 3.8) is 0 Å². The zero-order chi connectivity index (χ0) is 26.7.